The molecule has 9 amide bonds. The smallest absolute Gasteiger partial charge is 0.395 e. The predicted molar refractivity (Wildman–Crippen MR) is 461 cm³/mol. The van der Waals surface area contributed by atoms with Gasteiger partial charge in [0.15, 0.2) is 18.9 Å². The molecule has 0 bridgehead atoms. The van der Waals surface area contributed by atoms with Crippen LogP contribution in [0.15, 0.2) is 30.3 Å². The number of rotatable bonds is 68. The molecule has 1 aliphatic carbocycles. The molecule has 17 atom stereocenters. The normalized spacial score (nSPS) is 25.0. The molecule has 0 radical (unpaired) electrons. The third-order valence-electron chi connectivity index (χ3n) is 22.5. The molecule has 18 N–H and O–H groups in total. The van der Waals surface area contributed by atoms with Gasteiger partial charge in [-0.25, -0.2) is 9.13 Å². The number of ether oxygens (including phenoxy) is 7. The maximum absolute atomic E-state index is 13.9. The lowest BCUT2D eigenvalue weighted by atomic mass is 9.83. The van der Waals surface area contributed by atoms with Gasteiger partial charge in [0.1, 0.15) is 73.1 Å². The number of unbranched alkanes of at least 4 members (excludes halogenated alkanes) is 12. The topological polar surface area (TPSA) is 614 Å². The highest BCUT2D eigenvalue weighted by atomic mass is 31.2. The van der Waals surface area contributed by atoms with E-state index in [1.54, 1.807) is 0 Å². The van der Waals surface area contributed by atoms with Gasteiger partial charge >= 0.3 is 15.6 Å². The predicted octanol–water partition coefficient (Wildman–Crippen LogP) is 0.0666. The Morgan fingerprint density at radius 3 is 0.961 bits per heavy atom. The summed E-state index contributed by atoms with van der Waals surface area (Å²) in [5.74, 6) is -2.75. The second kappa shape index (κ2) is 64.0. The number of nitrogens with zero attached hydrogens (tertiary/aromatic N) is 3. The summed E-state index contributed by atoms with van der Waals surface area (Å²) in [5.41, 5.74) is 1.27. The first-order valence-electron chi connectivity index (χ1n) is 45.5. The Bertz CT molecular complexity index is 3480. The van der Waals surface area contributed by atoms with Crippen molar-refractivity contribution in [1.82, 2.24) is 46.6 Å². The molecule has 3 heterocycles. The molecule has 3 aliphatic heterocycles. The van der Waals surface area contributed by atoms with Crippen LogP contribution in [-0.2, 0) is 104 Å². The van der Waals surface area contributed by atoms with Crippen LogP contribution in [0.3, 0.4) is 0 Å². The van der Waals surface area contributed by atoms with E-state index >= 15 is 0 Å². The number of carbonyl (C=O) groups excluding carboxylic acids is 9. The first-order chi connectivity index (χ1) is 61.8. The number of phosphoric acid groups is 2. The van der Waals surface area contributed by atoms with Crippen LogP contribution >= 0.6 is 15.6 Å². The Kier molecular flexibility index (Phi) is 56.3. The second-order valence-electron chi connectivity index (χ2n) is 32.7. The van der Waals surface area contributed by atoms with Gasteiger partial charge in [-0.1, -0.05) is 68.9 Å². The van der Waals surface area contributed by atoms with E-state index in [4.69, 9.17) is 51.3 Å². The fourth-order valence-electron chi connectivity index (χ4n) is 15.2. The molecule has 17 unspecified atom stereocenters. The van der Waals surface area contributed by atoms with Crippen molar-refractivity contribution >= 4 is 68.8 Å². The average molecular weight is 1890 g/mol. The van der Waals surface area contributed by atoms with Crippen LogP contribution in [0.5, 0.6) is 0 Å². The molecule has 742 valence electrons. The molecule has 4 aliphatic rings. The SMILES string of the molecule is CC(=O)NC1C(OCCCCCC(=O)NCCCCCC(=O)N(CCO)CCOP(=O)(O)OCCN(CCOP(=O)(O)OCCN(CCOC2CCC(c3ccccc3)CC2)C(=O)CCCCCNC(=O)CCCCCOC2OC(CO)C(O)C(O)C2NC(C)=O)C(=O)CCCCCNC(=O)CCCCCOC2OC(CO)C(O)C(O)C2NC(C)=O)OC(CO)C(O)C1O. The Labute approximate surface area is 755 Å². The standard InChI is InChI=1S/C84H147N9O34P2/c1-58(98)88-73-79(110)76(107)64(55-95)125-82(73)118-47-22-8-13-27-67(101)85-37-19-5-16-30-70(104)91(40-46-94)42-51-121-128(113,114)123-53-44-93(72(106)32-18-7-21-39-87-69(103)29-15-10-24-49-120-84-75(90-60(3)100)81(112)78(109)66(57-97)127-84)45-54-124-129(115,116)122-52-43-92(41-50-117-63-35-33-62(34-36-63)61-25-11-4-12-26-61)71(105)31-17-6-20-38-86-68(102)28-14-9-23-48-119-83-74(89-59(2)99)80(111)77(108)65(56-96)126-83/h4,11-12,25-26,62-66,73-84,94-97,107-112H,5-10,13-24,27-57H2,1-3H3,(H,85,101)(H,86,102)(H,87,103)(H,88,98)(H,89,99)(H,90,100)(H,113,114)(H,115,116). The Balaban J connectivity index is 1.07. The zero-order valence-corrected chi connectivity index (χ0v) is 76.7. The van der Waals surface area contributed by atoms with Crippen molar-refractivity contribution in [2.45, 2.75) is 305 Å². The van der Waals surface area contributed by atoms with Crippen molar-refractivity contribution in [3.8, 4) is 0 Å². The summed E-state index contributed by atoms with van der Waals surface area (Å²) < 4.78 is 88.2. The molecule has 43 nitrogen and oxygen atoms in total. The van der Waals surface area contributed by atoms with Crippen molar-refractivity contribution in [2.24, 2.45) is 0 Å². The quantitative estimate of drug-likeness (QED) is 0.0303. The minimum absolute atomic E-state index is 0.0390. The number of carbonyl (C=O) groups is 9. The maximum Gasteiger partial charge on any atom is 0.472 e. The number of aliphatic hydroxyl groups is 10. The zero-order chi connectivity index (χ0) is 94.5. The molecule has 0 spiro atoms. The first-order valence-corrected chi connectivity index (χ1v) is 48.5. The summed E-state index contributed by atoms with van der Waals surface area (Å²) in [6.45, 7) is 0.0302. The highest BCUT2D eigenvalue weighted by molar-refractivity contribution is 7.47. The van der Waals surface area contributed by atoms with Crippen LogP contribution in [-0.4, -0.2) is 365 Å². The van der Waals surface area contributed by atoms with E-state index in [9.17, 15) is 113 Å². The third-order valence-corrected chi connectivity index (χ3v) is 24.5. The summed E-state index contributed by atoms with van der Waals surface area (Å²) in [6.07, 6.45) is -2.03. The van der Waals surface area contributed by atoms with E-state index in [1.165, 1.54) is 41.0 Å². The van der Waals surface area contributed by atoms with Crippen LogP contribution in [0.25, 0.3) is 0 Å². The molecule has 4 fully saturated rings. The molecule has 1 aromatic rings. The molecule has 0 aromatic heterocycles. The molecular weight excluding hydrogens is 1740 g/mol. The van der Waals surface area contributed by atoms with Gasteiger partial charge in [-0.3, -0.25) is 61.2 Å². The molecule has 3 saturated heterocycles. The number of benzene rings is 1. The van der Waals surface area contributed by atoms with E-state index < -0.39 is 184 Å². The van der Waals surface area contributed by atoms with Gasteiger partial charge in [-0.05, 0) is 114 Å². The van der Waals surface area contributed by atoms with Crippen molar-refractivity contribution in [2.75, 3.05) is 138 Å². The summed E-state index contributed by atoms with van der Waals surface area (Å²) in [6, 6.07) is 7.04. The van der Waals surface area contributed by atoms with Crippen LogP contribution < -0.4 is 31.9 Å². The minimum Gasteiger partial charge on any atom is -0.395 e. The summed E-state index contributed by atoms with van der Waals surface area (Å²) in [4.78, 5) is 140. The number of phosphoric ester groups is 2. The Hall–Kier alpha value is -6.01. The van der Waals surface area contributed by atoms with Gasteiger partial charge in [0.2, 0.25) is 53.2 Å². The number of aliphatic hydroxyl groups excluding tert-OH is 10. The molecular formula is C84H147N9O34P2. The van der Waals surface area contributed by atoms with Gasteiger partial charge in [0, 0.05) is 138 Å². The van der Waals surface area contributed by atoms with Gasteiger partial charge in [0.25, 0.3) is 0 Å². The molecule has 1 aromatic carbocycles. The van der Waals surface area contributed by atoms with Gasteiger partial charge in [0.05, 0.1) is 65.6 Å². The van der Waals surface area contributed by atoms with Gasteiger partial charge in [-0.2, -0.15) is 0 Å². The minimum atomic E-state index is -4.89. The van der Waals surface area contributed by atoms with E-state index in [2.05, 4.69) is 44.0 Å². The second-order valence-corrected chi connectivity index (χ2v) is 35.6. The van der Waals surface area contributed by atoms with Crippen molar-refractivity contribution in [3.05, 3.63) is 35.9 Å². The van der Waals surface area contributed by atoms with Gasteiger partial charge < -0.3 is 141 Å². The monoisotopic (exact) mass is 1890 g/mol. The fourth-order valence-corrected chi connectivity index (χ4v) is 16.6. The van der Waals surface area contributed by atoms with Crippen molar-refractivity contribution in [1.29, 1.82) is 0 Å². The summed E-state index contributed by atoms with van der Waals surface area (Å²) in [5, 5.41) is 117. The van der Waals surface area contributed by atoms with Crippen LogP contribution in [0.4, 0.5) is 0 Å². The lowest BCUT2D eigenvalue weighted by Gasteiger charge is -2.42. The highest BCUT2D eigenvalue weighted by Crippen LogP contribution is 2.44. The molecule has 129 heavy (non-hydrogen) atoms. The van der Waals surface area contributed by atoms with E-state index in [0.717, 1.165) is 25.7 Å². The van der Waals surface area contributed by atoms with Crippen LogP contribution in [0.1, 0.15) is 212 Å². The molecule has 1 saturated carbocycles. The zero-order valence-electron chi connectivity index (χ0n) is 74.9. The van der Waals surface area contributed by atoms with Crippen molar-refractivity contribution < 1.29 is 164 Å². The maximum atomic E-state index is 13.9. The Morgan fingerprint density at radius 2 is 0.659 bits per heavy atom. The Morgan fingerprint density at radius 1 is 0.364 bits per heavy atom. The lowest BCUT2D eigenvalue weighted by molar-refractivity contribution is -0.270. The third kappa shape index (κ3) is 45.3. The van der Waals surface area contributed by atoms with E-state index in [-0.39, 0.29) is 146 Å². The van der Waals surface area contributed by atoms with Crippen LogP contribution in [0.2, 0.25) is 0 Å². The number of amides is 9. The molecule has 45 heteroatoms. The van der Waals surface area contributed by atoms with E-state index in [0.29, 0.717) is 135 Å². The van der Waals surface area contributed by atoms with E-state index in [1.807, 2.05) is 18.2 Å². The summed E-state index contributed by atoms with van der Waals surface area (Å²) >= 11 is 0. The van der Waals surface area contributed by atoms with Crippen LogP contribution in [0, 0.1) is 0 Å². The number of hydrogen-bond acceptors (Lipinski definition) is 32. The van der Waals surface area contributed by atoms with Crippen molar-refractivity contribution in [3.63, 3.8) is 0 Å². The average Bonchev–Trinajstić information content (AvgIpc) is 0.815. The van der Waals surface area contributed by atoms with Gasteiger partial charge in [-0.15, -0.1) is 0 Å². The first kappa shape index (κ1) is 113. The number of hydrogen-bond donors (Lipinski definition) is 18. The summed E-state index contributed by atoms with van der Waals surface area (Å²) in [7, 11) is -9.76. The lowest BCUT2D eigenvalue weighted by Crippen LogP contribution is -2.64. The number of nitrogens with one attached hydrogen (secondary N) is 6. The fraction of sp³-hybridized carbons (Fsp3) is 0.821. The molecule has 5 rings (SSSR count). The largest absolute Gasteiger partial charge is 0.472 e. The highest BCUT2D eigenvalue weighted by Gasteiger charge is 2.48.